The SMILES string of the molecule is CCOc1ccc2[nH]c(=O)c(CCCN3CCN(C)CC3)cc2c1. The summed E-state index contributed by atoms with van der Waals surface area (Å²) in [5, 5.41) is 1.04. The molecule has 1 N–H and O–H groups in total. The predicted molar refractivity (Wildman–Crippen MR) is 98.0 cm³/mol. The molecule has 1 aromatic carbocycles. The van der Waals surface area contributed by atoms with Crippen LogP contribution in [0.5, 0.6) is 5.75 Å². The Balaban J connectivity index is 1.65. The number of pyridine rings is 1. The van der Waals surface area contributed by atoms with Crippen molar-refractivity contribution in [1.29, 1.82) is 0 Å². The number of piperazine rings is 1. The second kappa shape index (κ2) is 7.81. The van der Waals surface area contributed by atoms with Crippen LogP contribution in [0.3, 0.4) is 0 Å². The summed E-state index contributed by atoms with van der Waals surface area (Å²) in [6.07, 6.45) is 1.83. The highest BCUT2D eigenvalue weighted by molar-refractivity contribution is 5.80. The van der Waals surface area contributed by atoms with Gasteiger partial charge in [0.25, 0.3) is 5.56 Å². The lowest BCUT2D eigenvalue weighted by atomic mass is 10.1. The van der Waals surface area contributed by atoms with Crippen LogP contribution >= 0.6 is 0 Å². The molecule has 1 saturated heterocycles. The first-order valence-electron chi connectivity index (χ1n) is 8.85. The Kier molecular flexibility index (Phi) is 5.53. The minimum atomic E-state index is 0.0324. The molecule has 2 heterocycles. The van der Waals surface area contributed by atoms with Crippen molar-refractivity contribution >= 4 is 10.9 Å². The fraction of sp³-hybridized carbons (Fsp3) is 0.526. The molecule has 1 fully saturated rings. The Morgan fingerprint density at radius 1 is 1.17 bits per heavy atom. The monoisotopic (exact) mass is 329 g/mol. The first-order chi connectivity index (χ1) is 11.7. The Labute approximate surface area is 143 Å². The highest BCUT2D eigenvalue weighted by Gasteiger charge is 2.13. The van der Waals surface area contributed by atoms with Gasteiger partial charge in [-0.2, -0.15) is 0 Å². The van der Waals surface area contributed by atoms with Crippen molar-refractivity contribution in [2.45, 2.75) is 19.8 Å². The van der Waals surface area contributed by atoms with Gasteiger partial charge in [-0.3, -0.25) is 4.79 Å². The molecule has 2 aromatic rings. The largest absolute Gasteiger partial charge is 0.494 e. The fourth-order valence-electron chi connectivity index (χ4n) is 3.24. The van der Waals surface area contributed by atoms with E-state index in [2.05, 4.69) is 21.8 Å². The van der Waals surface area contributed by atoms with Crippen molar-refractivity contribution in [1.82, 2.24) is 14.8 Å². The zero-order valence-corrected chi connectivity index (χ0v) is 14.7. The maximum absolute atomic E-state index is 12.3. The summed E-state index contributed by atoms with van der Waals surface area (Å²) in [6, 6.07) is 7.82. The molecule has 5 heteroatoms. The Hall–Kier alpha value is -1.85. The van der Waals surface area contributed by atoms with E-state index in [-0.39, 0.29) is 5.56 Å². The van der Waals surface area contributed by atoms with Gasteiger partial charge in [0.1, 0.15) is 5.75 Å². The number of aromatic amines is 1. The summed E-state index contributed by atoms with van der Waals surface area (Å²) in [4.78, 5) is 20.1. The van der Waals surface area contributed by atoms with Gasteiger partial charge in [-0.1, -0.05) is 0 Å². The number of aromatic nitrogens is 1. The summed E-state index contributed by atoms with van der Waals surface area (Å²) in [5.41, 5.74) is 1.77. The van der Waals surface area contributed by atoms with Crippen LogP contribution in [0.25, 0.3) is 10.9 Å². The lowest BCUT2D eigenvalue weighted by Gasteiger charge is -2.32. The Morgan fingerprint density at radius 2 is 1.96 bits per heavy atom. The summed E-state index contributed by atoms with van der Waals surface area (Å²) in [6.45, 7) is 8.20. The predicted octanol–water partition coefficient (Wildman–Crippen LogP) is 2.11. The number of rotatable bonds is 6. The number of fused-ring (bicyclic) bond motifs is 1. The molecule has 5 nitrogen and oxygen atoms in total. The van der Waals surface area contributed by atoms with Crippen LogP contribution in [-0.4, -0.2) is 61.2 Å². The summed E-state index contributed by atoms with van der Waals surface area (Å²) < 4.78 is 5.55. The Morgan fingerprint density at radius 3 is 2.71 bits per heavy atom. The minimum Gasteiger partial charge on any atom is -0.494 e. The number of ether oxygens (including phenoxy) is 1. The molecule has 0 atom stereocenters. The number of hydrogen-bond donors (Lipinski definition) is 1. The zero-order valence-electron chi connectivity index (χ0n) is 14.7. The quantitative estimate of drug-likeness (QED) is 0.882. The van der Waals surface area contributed by atoms with Crippen molar-refractivity contribution in [3.05, 3.63) is 40.2 Å². The van der Waals surface area contributed by atoms with E-state index in [1.165, 1.54) is 0 Å². The second-order valence-corrected chi connectivity index (χ2v) is 6.55. The van der Waals surface area contributed by atoms with Crippen molar-refractivity contribution in [3.8, 4) is 5.75 Å². The molecular formula is C19H27N3O2. The first-order valence-corrected chi connectivity index (χ1v) is 8.85. The van der Waals surface area contributed by atoms with Crippen molar-refractivity contribution < 1.29 is 4.74 Å². The fourth-order valence-corrected chi connectivity index (χ4v) is 3.24. The molecule has 0 saturated carbocycles. The molecule has 1 aliphatic rings. The molecular weight excluding hydrogens is 302 g/mol. The smallest absolute Gasteiger partial charge is 0.251 e. The lowest BCUT2D eigenvalue weighted by molar-refractivity contribution is 0.153. The summed E-state index contributed by atoms with van der Waals surface area (Å²) in [7, 11) is 2.17. The van der Waals surface area contributed by atoms with Crippen LogP contribution in [0.15, 0.2) is 29.1 Å². The standard InChI is InChI=1S/C19H27N3O2/c1-3-24-17-6-7-18-16(14-17)13-15(19(23)20-18)5-4-8-22-11-9-21(2)10-12-22/h6-7,13-14H,3-5,8-12H2,1-2H3,(H,20,23). The number of hydrogen-bond acceptors (Lipinski definition) is 4. The number of H-pyrrole nitrogens is 1. The number of likely N-dealkylation sites (N-methyl/N-ethyl adjacent to an activating group) is 1. The highest BCUT2D eigenvalue weighted by Crippen LogP contribution is 2.19. The van der Waals surface area contributed by atoms with Crippen molar-refractivity contribution in [2.75, 3.05) is 46.4 Å². The first kappa shape index (κ1) is 17.0. The maximum Gasteiger partial charge on any atom is 0.251 e. The van der Waals surface area contributed by atoms with Gasteiger partial charge in [0.05, 0.1) is 6.61 Å². The van der Waals surface area contributed by atoms with E-state index < -0.39 is 0 Å². The van der Waals surface area contributed by atoms with Crippen LogP contribution in [0.1, 0.15) is 18.9 Å². The van der Waals surface area contributed by atoms with Crippen LogP contribution in [0.2, 0.25) is 0 Å². The normalized spacial score (nSPS) is 16.6. The van der Waals surface area contributed by atoms with Gasteiger partial charge in [-0.25, -0.2) is 0 Å². The van der Waals surface area contributed by atoms with E-state index >= 15 is 0 Å². The third-order valence-electron chi connectivity index (χ3n) is 4.72. The van der Waals surface area contributed by atoms with Gasteiger partial charge in [0.2, 0.25) is 0 Å². The average Bonchev–Trinajstić information content (AvgIpc) is 2.58. The van der Waals surface area contributed by atoms with Gasteiger partial charge in [-0.05, 0) is 57.6 Å². The van der Waals surface area contributed by atoms with Gasteiger partial charge in [0, 0.05) is 42.6 Å². The summed E-state index contributed by atoms with van der Waals surface area (Å²) >= 11 is 0. The minimum absolute atomic E-state index is 0.0324. The second-order valence-electron chi connectivity index (χ2n) is 6.55. The molecule has 24 heavy (non-hydrogen) atoms. The third kappa shape index (κ3) is 4.16. The molecule has 0 unspecified atom stereocenters. The van der Waals surface area contributed by atoms with Gasteiger partial charge < -0.3 is 19.5 Å². The maximum atomic E-state index is 12.3. The van der Waals surface area contributed by atoms with E-state index in [0.717, 1.165) is 67.8 Å². The molecule has 130 valence electrons. The lowest BCUT2D eigenvalue weighted by Crippen LogP contribution is -2.44. The molecule has 1 aliphatic heterocycles. The van der Waals surface area contributed by atoms with Gasteiger partial charge in [0.15, 0.2) is 0 Å². The van der Waals surface area contributed by atoms with E-state index in [0.29, 0.717) is 6.61 Å². The van der Waals surface area contributed by atoms with E-state index in [1.807, 2.05) is 31.2 Å². The number of aryl methyl sites for hydroxylation is 1. The van der Waals surface area contributed by atoms with Gasteiger partial charge in [-0.15, -0.1) is 0 Å². The summed E-state index contributed by atoms with van der Waals surface area (Å²) in [5.74, 6) is 0.848. The third-order valence-corrected chi connectivity index (χ3v) is 4.72. The molecule has 0 radical (unpaired) electrons. The number of nitrogens with one attached hydrogen (secondary N) is 1. The molecule has 3 rings (SSSR count). The topological polar surface area (TPSA) is 48.6 Å². The highest BCUT2D eigenvalue weighted by atomic mass is 16.5. The molecule has 0 spiro atoms. The van der Waals surface area contributed by atoms with Crippen LogP contribution in [0.4, 0.5) is 0 Å². The van der Waals surface area contributed by atoms with Crippen molar-refractivity contribution in [2.24, 2.45) is 0 Å². The van der Waals surface area contributed by atoms with E-state index in [4.69, 9.17) is 4.74 Å². The van der Waals surface area contributed by atoms with Crippen molar-refractivity contribution in [3.63, 3.8) is 0 Å². The van der Waals surface area contributed by atoms with E-state index in [9.17, 15) is 4.79 Å². The van der Waals surface area contributed by atoms with Crippen LogP contribution in [-0.2, 0) is 6.42 Å². The zero-order chi connectivity index (χ0) is 16.9. The van der Waals surface area contributed by atoms with Crippen LogP contribution in [0, 0.1) is 0 Å². The number of benzene rings is 1. The molecule has 0 amide bonds. The molecule has 1 aromatic heterocycles. The Bertz CT molecular complexity index is 733. The molecule has 0 bridgehead atoms. The van der Waals surface area contributed by atoms with Crippen LogP contribution < -0.4 is 10.3 Å². The van der Waals surface area contributed by atoms with Gasteiger partial charge >= 0.3 is 0 Å². The average molecular weight is 329 g/mol. The van der Waals surface area contributed by atoms with E-state index in [1.54, 1.807) is 0 Å². The molecule has 0 aliphatic carbocycles. The number of nitrogens with zero attached hydrogens (tertiary/aromatic N) is 2.